The minimum Gasteiger partial charge on any atom is -0.495 e. The molecule has 0 spiro atoms. The van der Waals surface area contributed by atoms with Gasteiger partial charge in [0.1, 0.15) is 12.3 Å². The Morgan fingerprint density at radius 1 is 1.42 bits per heavy atom. The van der Waals surface area contributed by atoms with Gasteiger partial charge in [-0.25, -0.2) is 4.68 Å². The lowest BCUT2D eigenvalue weighted by molar-refractivity contribution is -0.122. The molecule has 126 valence electrons. The van der Waals surface area contributed by atoms with Crippen LogP contribution in [0.3, 0.4) is 0 Å². The second-order valence-electron chi connectivity index (χ2n) is 5.70. The van der Waals surface area contributed by atoms with E-state index in [1.165, 1.54) is 4.68 Å². The molecule has 0 aliphatic carbocycles. The number of aromatic nitrogens is 3. The van der Waals surface area contributed by atoms with Crippen LogP contribution in [0.4, 0.5) is 5.69 Å². The van der Waals surface area contributed by atoms with Crippen molar-refractivity contribution in [1.29, 1.82) is 0 Å². The fourth-order valence-electron chi connectivity index (χ4n) is 2.78. The number of anilines is 1. The topological polar surface area (TPSA) is 89.3 Å². The molecule has 1 N–H and O–H groups in total. The number of hydrogen-bond acceptors (Lipinski definition) is 5. The summed E-state index contributed by atoms with van der Waals surface area (Å²) in [6, 6.07) is 7.10. The van der Waals surface area contributed by atoms with E-state index in [1.54, 1.807) is 18.2 Å². The van der Waals surface area contributed by atoms with Crippen LogP contribution in [-0.4, -0.2) is 46.5 Å². The summed E-state index contributed by atoms with van der Waals surface area (Å²) in [6.07, 6.45) is 1.96. The number of benzene rings is 1. The fourth-order valence-corrected chi connectivity index (χ4v) is 2.78. The first kappa shape index (κ1) is 16.0. The van der Waals surface area contributed by atoms with Crippen molar-refractivity contribution in [2.45, 2.75) is 25.9 Å². The number of ether oxygens (including phenoxy) is 1. The monoisotopic (exact) mass is 329 g/mol. The zero-order valence-electron chi connectivity index (χ0n) is 13.6. The lowest BCUT2D eigenvalue weighted by atomic mass is 10.2. The summed E-state index contributed by atoms with van der Waals surface area (Å²) < 4.78 is 6.78. The summed E-state index contributed by atoms with van der Waals surface area (Å²) >= 11 is 0. The minimum absolute atomic E-state index is 0.0404. The van der Waals surface area contributed by atoms with E-state index in [0.717, 1.165) is 5.69 Å². The van der Waals surface area contributed by atoms with Gasteiger partial charge in [-0.15, -0.1) is 5.10 Å². The number of aryl methyl sites for hydroxylation is 1. The van der Waals surface area contributed by atoms with Gasteiger partial charge >= 0.3 is 0 Å². The summed E-state index contributed by atoms with van der Waals surface area (Å²) in [5, 5.41) is 10.6. The minimum atomic E-state index is -0.237. The van der Waals surface area contributed by atoms with Gasteiger partial charge in [0.25, 0.3) is 0 Å². The van der Waals surface area contributed by atoms with Crippen LogP contribution in [0.25, 0.3) is 0 Å². The van der Waals surface area contributed by atoms with E-state index in [-0.39, 0.29) is 30.8 Å². The summed E-state index contributed by atoms with van der Waals surface area (Å²) in [7, 11) is 1.57. The highest BCUT2D eigenvalue weighted by Gasteiger charge is 2.32. The number of hydrogen-bond donors (Lipinski definition) is 1. The summed E-state index contributed by atoms with van der Waals surface area (Å²) in [5.41, 5.74) is 1.47. The molecule has 1 aromatic heterocycles. The first-order valence-electron chi connectivity index (χ1n) is 7.66. The van der Waals surface area contributed by atoms with Gasteiger partial charge < -0.3 is 15.0 Å². The van der Waals surface area contributed by atoms with Crippen LogP contribution >= 0.6 is 0 Å². The van der Waals surface area contributed by atoms with Crippen LogP contribution in [-0.2, 0) is 16.1 Å². The van der Waals surface area contributed by atoms with Crippen molar-refractivity contribution in [2.24, 2.45) is 0 Å². The molecule has 8 nitrogen and oxygen atoms in total. The Morgan fingerprint density at radius 2 is 2.21 bits per heavy atom. The number of nitrogens with zero attached hydrogens (tertiary/aromatic N) is 4. The van der Waals surface area contributed by atoms with Crippen molar-refractivity contribution in [3.63, 3.8) is 0 Å². The molecule has 0 unspecified atom stereocenters. The maximum atomic E-state index is 12.3. The molecule has 1 aromatic carbocycles. The molecule has 1 aliphatic heterocycles. The van der Waals surface area contributed by atoms with E-state index < -0.39 is 0 Å². The smallest absolute Gasteiger partial charge is 0.242 e. The molecule has 3 rings (SSSR count). The van der Waals surface area contributed by atoms with Crippen molar-refractivity contribution >= 4 is 17.5 Å². The largest absolute Gasteiger partial charge is 0.495 e. The SMILES string of the molecule is COc1ccccc1N1C[C@H](NC(=O)Cn2cc(C)nn2)CC1=O. The van der Waals surface area contributed by atoms with Gasteiger partial charge in [-0.2, -0.15) is 0 Å². The van der Waals surface area contributed by atoms with Gasteiger partial charge in [-0.3, -0.25) is 9.59 Å². The molecule has 24 heavy (non-hydrogen) atoms. The molecule has 1 saturated heterocycles. The molecule has 0 radical (unpaired) electrons. The van der Waals surface area contributed by atoms with Crippen molar-refractivity contribution in [1.82, 2.24) is 20.3 Å². The third-order valence-corrected chi connectivity index (χ3v) is 3.82. The second kappa shape index (κ2) is 6.69. The lowest BCUT2D eigenvalue weighted by Gasteiger charge is -2.19. The highest BCUT2D eigenvalue weighted by atomic mass is 16.5. The summed E-state index contributed by atoms with van der Waals surface area (Å²) in [4.78, 5) is 26.0. The zero-order valence-corrected chi connectivity index (χ0v) is 13.6. The third-order valence-electron chi connectivity index (χ3n) is 3.82. The maximum absolute atomic E-state index is 12.3. The highest BCUT2D eigenvalue weighted by molar-refractivity contribution is 5.98. The zero-order chi connectivity index (χ0) is 17.1. The Balaban J connectivity index is 1.63. The Kier molecular flexibility index (Phi) is 4.45. The quantitative estimate of drug-likeness (QED) is 0.864. The van der Waals surface area contributed by atoms with Gasteiger partial charge in [0, 0.05) is 19.2 Å². The van der Waals surface area contributed by atoms with Gasteiger partial charge in [0.15, 0.2) is 0 Å². The lowest BCUT2D eigenvalue weighted by Crippen LogP contribution is -2.39. The first-order valence-corrected chi connectivity index (χ1v) is 7.66. The molecular formula is C16H19N5O3. The molecule has 1 fully saturated rings. The predicted octanol–water partition coefficient (Wildman–Crippen LogP) is 0.517. The Hall–Kier alpha value is -2.90. The fraction of sp³-hybridized carbons (Fsp3) is 0.375. The van der Waals surface area contributed by atoms with Gasteiger partial charge in [0.05, 0.1) is 24.5 Å². The van der Waals surface area contributed by atoms with Crippen LogP contribution in [0, 0.1) is 6.92 Å². The molecule has 1 atom stereocenters. The van der Waals surface area contributed by atoms with E-state index in [2.05, 4.69) is 15.6 Å². The van der Waals surface area contributed by atoms with Crippen LogP contribution in [0.5, 0.6) is 5.75 Å². The summed E-state index contributed by atoms with van der Waals surface area (Å²) in [5.74, 6) is 0.400. The number of methoxy groups -OCH3 is 1. The number of nitrogens with one attached hydrogen (secondary N) is 1. The number of carbonyl (C=O) groups excluding carboxylic acids is 2. The van der Waals surface area contributed by atoms with E-state index >= 15 is 0 Å². The second-order valence-corrected chi connectivity index (χ2v) is 5.70. The molecule has 2 aromatic rings. The maximum Gasteiger partial charge on any atom is 0.242 e. The Labute approximate surface area is 139 Å². The van der Waals surface area contributed by atoms with Crippen molar-refractivity contribution < 1.29 is 14.3 Å². The number of para-hydroxylation sites is 2. The molecule has 0 bridgehead atoms. The van der Waals surface area contributed by atoms with Gasteiger partial charge in [0.2, 0.25) is 11.8 Å². The normalized spacial score (nSPS) is 17.2. The van der Waals surface area contributed by atoms with Crippen LogP contribution in [0.15, 0.2) is 30.5 Å². The third kappa shape index (κ3) is 3.37. The van der Waals surface area contributed by atoms with Crippen LogP contribution < -0.4 is 15.0 Å². The van der Waals surface area contributed by atoms with Crippen molar-refractivity contribution in [3.05, 3.63) is 36.2 Å². The highest BCUT2D eigenvalue weighted by Crippen LogP contribution is 2.30. The Morgan fingerprint density at radius 3 is 2.92 bits per heavy atom. The van der Waals surface area contributed by atoms with E-state index in [9.17, 15) is 9.59 Å². The van der Waals surface area contributed by atoms with E-state index in [4.69, 9.17) is 4.74 Å². The molecule has 0 saturated carbocycles. The van der Waals surface area contributed by atoms with Gasteiger partial charge in [-0.1, -0.05) is 17.3 Å². The Bertz CT molecular complexity index is 758. The molecule has 1 aliphatic rings. The van der Waals surface area contributed by atoms with E-state index in [1.807, 2.05) is 31.2 Å². The molecular weight excluding hydrogens is 310 g/mol. The first-order chi connectivity index (χ1) is 11.6. The van der Waals surface area contributed by atoms with Crippen LogP contribution in [0.1, 0.15) is 12.1 Å². The van der Waals surface area contributed by atoms with Crippen LogP contribution in [0.2, 0.25) is 0 Å². The molecule has 2 amide bonds. The number of rotatable bonds is 5. The standard InChI is InChI=1S/C16H19N5O3/c1-11-8-20(19-18-11)10-15(22)17-12-7-16(23)21(9-12)13-5-3-4-6-14(13)24-2/h3-6,8,12H,7,9-10H2,1-2H3,(H,17,22)/t12-/m1/s1. The predicted molar refractivity (Wildman–Crippen MR) is 86.7 cm³/mol. The number of amides is 2. The van der Waals surface area contributed by atoms with E-state index in [0.29, 0.717) is 18.0 Å². The number of carbonyl (C=O) groups is 2. The van der Waals surface area contributed by atoms with Crippen molar-refractivity contribution in [2.75, 3.05) is 18.6 Å². The average Bonchev–Trinajstić information content (AvgIpc) is 3.12. The summed E-state index contributed by atoms with van der Waals surface area (Å²) in [6.45, 7) is 2.31. The average molecular weight is 329 g/mol. The molecule has 2 heterocycles. The van der Waals surface area contributed by atoms with Crippen molar-refractivity contribution in [3.8, 4) is 5.75 Å². The molecule has 8 heteroatoms. The van der Waals surface area contributed by atoms with Gasteiger partial charge in [-0.05, 0) is 19.1 Å².